The Balaban J connectivity index is 1.41. The fraction of sp³-hybridized carbons (Fsp3) is 0.471. The van der Waals surface area contributed by atoms with Gasteiger partial charge in [0.1, 0.15) is 17.4 Å². The first-order valence-electron chi connectivity index (χ1n) is 8.40. The molecule has 2 aliphatic heterocycles. The summed E-state index contributed by atoms with van der Waals surface area (Å²) >= 11 is 3.39. The van der Waals surface area contributed by atoms with Gasteiger partial charge in [-0.2, -0.15) is 0 Å². The molecule has 2 fully saturated rings. The lowest BCUT2D eigenvalue weighted by molar-refractivity contribution is -0.149. The Morgan fingerprint density at radius 1 is 1.48 bits per heavy atom. The van der Waals surface area contributed by atoms with E-state index < -0.39 is 0 Å². The third-order valence-electron chi connectivity index (χ3n) is 5.08. The van der Waals surface area contributed by atoms with Crippen molar-refractivity contribution in [3.63, 3.8) is 0 Å². The van der Waals surface area contributed by atoms with Gasteiger partial charge in [-0.1, -0.05) is 15.9 Å². The van der Waals surface area contributed by atoms with Crippen LogP contribution in [-0.2, 0) is 9.53 Å². The van der Waals surface area contributed by atoms with Gasteiger partial charge in [-0.25, -0.2) is 4.98 Å². The molecule has 1 spiro atoms. The molecular formula is C17H19BrN4O3. The Morgan fingerprint density at radius 3 is 3.08 bits per heavy atom. The van der Waals surface area contributed by atoms with E-state index in [-0.39, 0.29) is 23.4 Å². The number of amides is 1. The van der Waals surface area contributed by atoms with Crippen molar-refractivity contribution in [2.75, 3.05) is 19.6 Å². The minimum Gasteiger partial charge on any atom is -0.460 e. The van der Waals surface area contributed by atoms with Crippen molar-refractivity contribution in [1.29, 1.82) is 0 Å². The summed E-state index contributed by atoms with van der Waals surface area (Å²) in [6, 6.07) is 3.70. The quantitative estimate of drug-likeness (QED) is 0.754. The van der Waals surface area contributed by atoms with Crippen molar-refractivity contribution in [1.82, 2.24) is 20.0 Å². The second-order valence-electron chi connectivity index (χ2n) is 6.69. The number of rotatable bonds is 3. The predicted molar refractivity (Wildman–Crippen MR) is 94.3 cm³/mol. The number of cyclic esters (lactones) is 1. The minimum absolute atomic E-state index is 0.118. The lowest BCUT2D eigenvalue weighted by Crippen LogP contribution is -2.39. The van der Waals surface area contributed by atoms with E-state index in [9.17, 15) is 9.59 Å². The number of aromatic nitrogens is 2. The van der Waals surface area contributed by atoms with Gasteiger partial charge in [0.2, 0.25) is 0 Å². The van der Waals surface area contributed by atoms with Crippen LogP contribution in [-0.4, -0.2) is 47.0 Å². The summed E-state index contributed by atoms with van der Waals surface area (Å²) in [5.41, 5.74) is 0.792. The van der Waals surface area contributed by atoms with E-state index >= 15 is 0 Å². The highest BCUT2D eigenvalue weighted by Crippen LogP contribution is 2.41. The molecule has 4 rings (SSSR count). The molecule has 0 bridgehead atoms. The topological polar surface area (TPSA) is 84.7 Å². The van der Waals surface area contributed by atoms with E-state index in [0.29, 0.717) is 24.3 Å². The van der Waals surface area contributed by atoms with Gasteiger partial charge in [-0.05, 0) is 38.1 Å². The SMILES string of the molecule is O=C(NCC1CC2(CCNCC2)C(=O)O1)c1cnc2cc(Br)ccn12. The van der Waals surface area contributed by atoms with E-state index in [1.54, 1.807) is 16.8 Å². The third-order valence-corrected chi connectivity index (χ3v) is 5.58. The zero-order valence-corrected chi connectivity index (χ0v) is 15.2. The number of hydrogen-bond donors (Lipinski definition) is 2. The molecule has 1 unspecified atom stereocenters. The third kappa shape index (κ3) is 3.04. The van der Waals surface area contributed by atoms with Gasteiger partial charge in [0.15, 0.2) is 0 Å². The van der Waals surface area contributed by atoms with Crippen LogP contribution < -0.4 is 10.6 Å². The largest absolute Gasteiger partial charge is 0.460 e. The van der Waals surface area contributed by atoms with Crippen LogP contribution >= 0.6 is 15.9 Å². The molecule has 2 N–H and O–H groups in total. The summed E-state index contributed by atoms with van der Waals surface area (Å²) in [5, 5.41) is 6.14. The number of ether oxygens (including phenoxy) is 1. The van der Waals surface area contributed by atoms with Gasteiger partial charge in [0.25, 0.3) is 5.91 Å². The molecule has 0 saturated carbocycles. The maximum atomic E-state index is 12.5. The fourth-order valence-corrected chi connectivity index (χ4v) is 4.01. The molecule has 2 saturated heterocycles. The molecule has 132 valence electrons. The summed E-state index contributed by atoms with van der Waals surface area (Å²) in [6.45, 7) is 2.00. The predicted octanol–water partition coefficient (Wildman–Crippen LogP) is 1.51. The van der Waals surface area contributed by atoms with E-state index in [2.05, 4.69) is 31.5 Å². The smallest absolute Gasteiger partial charge is 0.312 e. The van der Waals surface area contributed by atoms with Crippen LogP contribution in [0, 0.1) is 5.41 Å². The zero-order valence-electron chi connectivity index (χ0n) is 13.6. The number of fused-ring (bicyclic) bond motifs is 1. The number of pyridine rings is 1. The first-order chi connectivity index (χ1) is 12.1. The first-order valence-corrected chi connectivity index (χ1v) is 9.19. The van der Waals surface area contributed by atoms with Crippen LogP contribution in [0.5, 0.6) is 0 Å². The lowest BCUT2D eigenvalue weighted by atomic mass is 9.76. The molecule has 8 heteroatoms. The van der Waals surface area contributed by atoms with E-state index in [1.807, 2.05) is 12.1 Å². The van der Waals surface area contributed by atoms with E-state index in [1.165, 1.54) is 0 Å². The Bertz CT molecular complexity index is 828. The average molecular weight is 407 g/mol. The molecule has 2 aromatic rings. The summed E-state index contributed by atoms with van der Waals surface area (Å²) in [7, 11) is 0. The second kappa shape index (κ2) is 6.42. The van der Waals surface area contributed by atoms with Gasteiger partial charge >= 0.3 is 5.97 Å². The van der Waals surface area contributed by atoms with Crippen molar-refractivity contribution in [3.05, 3.63) is 34.7 Å². The Labute approximate surface area is 153 Å². The number of imidazole rings is 1. The van der Waals surface area contributed by atoms with Crippen molar-refractivity contribution < 1.29 is 14.3 Å². The standard InChI is InChI=1S/C17H19BrN4O3/c18-11-1-6-22-13(10-20-14(22)7-11)15(23)21-9-12-8-17(16(24)25-12)2-4-19-5-3-17/h1,6-7,10,12,19H,2-5,8-9H2,(H,21,23). The number of nitrogens with zero attached hydrogens (tertiary/aromatic N) is 2. The van der Waals surface area contributed by atoms with Gasteiger partial charge in [-0.3, -0.25) is 14.0 Å². The Kier molecular flexibility index (Phi) is 4.24. The molecule has 7 nitrogen and oxygen atoms in total. The first kappa shape index (κ1) is 16.5. The van der Waals surface area contributed by atoms with Crippen molar-refractivity contribution in [2.24, 2.45) is 5.41 Å². The normalized spacial score (nSPS) is 22.3. The number of piperidine rings is 1. The van der Waals surface area contributed by atoms with Crippen LogP contribution in [0.4, 0.5) is 0 Å². The molecule has 0 aliphatic carbocycles. The van der Waals surface area contributed by atoms with Crippen LogP contribution in [0.3, 0.4) is 0 Å². The molecule has 2 aliphatic rings. The molecule has 25 heavy (non-hydrogen) atoms. The van der Waals surface area contributed by atoms with Gasteiger partial charge in [0.05, 0.1) is 18.2 Å². The number of esters is 1. The molecule has 1 atom stereocenters. The summed E-state index contributed by atoms with van der Waals surface area (Å²) in [5.74, 6) is -0.343. The highest BCUT2D eigenvalue weighted by Gasteiger charge is 2.49. The number of halogens is 1. The maximum absolute atomic E-state index is 12.5. The number of hydrogen-bond acceptors (Lipinski definition) is 5. The van der Waals surface area contributed by atoms with Crippen LogP contribution in [0.1, 0.15) is 29.8 Å². The van der Waals surface area contributed by atoms with E-state index in [4.69, 9.17) is 4.74 Å². The fourth-order valence-electron chi connectivity index (χ4n) is 3.69. The molecule has 4 heterocycles. The van der Waals surface area contributed by atoms with Gasteiger partial charge in [0, 0.05) is 17.1 Å². The summed E-state index contributed by atoms with van der Waals surface area (Å²) in [6.07, 6.45) is 5.36. The Morgan fingerprint density at radius 2 is 2.28 bits per heavy atom. The highest BCUT2D eigenvalue weighted by atomic mass is 79.9. The molecule has 2 aromatic heterocycles. The van der Waals surface area contributed by atoms with Crippen LogP contribution in [0.15, 0.2) is 29.0 Å². The van der Waals surface area contributed by atoms with E-state index in [0.717, 1.165) is 30.4 Å². The average Bonchev–Trinajstić information content (AvgIpc) is 3.15. The van der Waals surface area contributed by atoms with Crippen molar-refractivity contribution in [2.45, 2.75) is 25.4 Å². The second-order valence-corrected chi connectivity index (χ2v) is 7.60. The number of carbonyl (C=O) groups excluding carboxylic acids is 2. The van der Waals surface area contributed by atoms with Crippen LogP contribution in [0.2, 0.25) is 0 Å². The molecule has 1 amide bonds. The monoisotopic (exact) mass is 406 g/mol. The van der Waals surface area contributed by atoms with Crippen molar-refractivity contribution >= 4 is 33.5 Å². The van der Waals surface area contributed by atoms with Gasteiger partial charge < -0.3 is 15.4 Å². The molecular weight excluding hydrogens is 388 g/mol. The maximum Gasteiger partial charge on any atom is 0.312 e. The van der Waals surface area contributed by atoms with Gasteiger partial charge in [-0.15, -0.1) is 0 Å². The zero-order chi connectivity index (χ0) is 17.4. The number of carbonyl (C=O) groups is 2. The molecule has 0 radical (unpaired) electrons. The van der Waals surface area contributed by atoms with Crippen LogP contribution in [0.25, 0.3) is 5.65 Å². The number of nitrogens with one attached hydrogen (secondary N) is 2. The summed E-state index contributed by atoms with van der Waals surface area (Å²) < 4.78 is 8.15. The minimum atomic E-state index is -0.365. The Hall–Kier alpha value is -1.93. The highest BCUT2D eigenvalue weighted by molar-refractivity contribution is 9.10. The molecule has 0 aromatic carbocycles. The van der Waals surface area contributed by atoms with Crippen molar-refractivity contribution in [3.8, 4) is 0 Å². The summed E-state index contributed by atoms with van der Waals surface area (Å²) in [4.78, 5) is 29.0. The lowest BCUT2D eigenvalue weighted by Gasteiger charge is -2.29.